The molecule has 1 aromatic rings. The van der Waals surface area contributed by atoms with Gasteiger partial charge in [0.05, 0.1) is 5.71 Å². The van der Waals surface area contributed by atoms with Crippen molar-refractivity contribution >= 4 is 22.9 Å². The number of allylic oxidation sites excluding steroid dienone is 3. The predicted molar refractivity (Wildman–Crippen MR) is 108 cm³/mol. The van der Waals surface area contributed by atoms with Crippen LogP contribution < -0.4 is 0 Å². The molecule has 0 saturated carbocycles. The summed E-state index contributed by atoms with van der Waals surface area (Å²) in [6, 6.07) is 7.85. The van der Waals surface area contributed by atoms with Gasteiger partial charge in [-0.05, 0) is 73.7 Å². The Morgan fingerprint density at radius 1 is 1.32 bits per heavy atom. The lowest BCUT2D eigenvalue weighted by molar-refractivity contribution is 0.133. The average molecular weight is 361 g/mol. The number of benzene rings is 1. The van der Waals surface area contributed by atoms with Crippen molar-refractivity contribution < 1.29 is 4.84 Å². The second-order valence-corrected chi connectivity index (χ2v) is 8.19. The van der Waals surface area contributed by atoms with Crippen LogP contribution in [-0.4, -0.2) is 37.9 Å². The second-order valence-electron chi connectivity index (χ2n) is 7.75. The molecular formula is C21H29ClN2O. The van der Waals surface area contributed by atoms with Gasteiger partial charge in [-0.15, -0.1) is 0 Å². The Bertz CT molecular complexity index is 674. The van der Waals surface area contributed by atoms with E-state index in [1.54, 1.807) is 0 Å². The Kier molecular flexibility index (Phi) is 6.86. The summed E-state index contributed by atoms with van der Waals surface area (Å²) in [5.41, 5.74) is 4.39. The summed E-state index contributed by atoms with van der Waals surface area (Å²) in [6.45, 7) is 10.4. The van der Waals surface area contributed by atoms with Crippen molar-refractivity contribution in [3.05, 3.63) is 53.1 Å². The van der Waals surface area contributed by atoms with E-state index in [1.807, 2.05) is 24.3 Å². The molecule has 0 unspecified atom stereocenters. The fourth-order valence-electron chi connectivity index (χ4n) is 3.06. The highest BCUT2D eigenvalue weighted by Crippen LogP contribution is 2.39. The van der Waals surface area contributed by atoms with Crippen molar-refractivity contribution in [2.45, 2.75) is 33.1 Å². The SMILES string of the molecule is C=C(C1=C/C(=N/OCCCN(C)C)CC(C)(C)C1)c1cccc(Cl)c1. The van der Waals surface area contributed by atoms with Crippen LogP contribution in [0.5, 0.6) is 0 Å². The molecule has 0 bridgehead atoms. The zero-order chi connectivity index (χ0) is 18.4. The minimum Gasteiger partial charge on any atom is -0.396 e. The third-order valence-corrected chi connectivity index (χ3v) is 4.49. The summed E-state index contributed by atoms with van der Waals surface area (Å²) in [7, 11) is 4.12. The molecule has 1 aromatic carbocycles. The lowest BCUT2D eigenvalue weighted by Gasteiger charge is -2.31. The van der Waals surface area contributed by atoms with Gasteiger partial charge in [-0.3, -0.25) is 0 Å². The summed E-state index contributed by atoms with van der Waals surface area (Å²) in [5.74, 6) is 0. The van der Waals surface area contributed by atoms with Crippen LogP contribution in [0.25, 0.3) is 5.57 Å². The maximum atomic E-state index is 6.13. The minimum absolute atomic E-state index is 0.136. The number of halogens is 1. The molecule has 4 heteroatoms. The fraction of sp³-hybridized carbons (Fsp3) is 0.476. The maximum absolute atomic E-state index is 6.13. The molecule has 0 atom stereocenters. The van der Waals surface area contributed by atoms with E-state index in [-0.39, 0.29) is 5.41 Å². The topological polar surface area (TPSA) is 24.8 Å². The molecule has 1 aliphatic carbocycles. The van der Waals surface area contributed by atoms with Crippen LogP contribution >= 0.6 is 11.6 Å². The summed E-state index contributed by atoms with van der Waals surface area (Å²) in [6.07, 6.45) is 4.98. The van der Waals surface area contributed by atoms with Crippen LogP contribution in [0.2, 0.25) is 5.02 Å². The number of oxime groups is 1. The molecule has 136 valence electrons. The molecule has 3 nitrogen and oxygen atoms in total. The van der Waals surface area contributed by atoms with Crippen LogP contribution in [0.15, 0.2) is 47.6 Å². The van der Waals surface area contributed by atoms with Gasteiger partial charge in [0.15, 0.2) is 0 Å². The van der Waals surface area contributed by atoms with Gasteiger partial charge >= 0.3 is 0 Å². The van der Waals surface area contributed by atoms with Gasteiger partial charge < -0.3 is 9.74 Å². The second kappa shape index (κ2) is 8.68. The molecule has 0 aromatic heterocycles. The number of hydrogen-bond acceptors (Lipinski definition) is 3. The molecule has 0 heterocycles. The largest absolute Gasteiger partial charge is 0.396 e. The highest BCUT2D eigenvalue weighted by atomic mass is 35.5. The van der Waals surface area contributed by atoms with Gasteiger partial charge in [-0.2, -0.15) is 0 Å². The first-order valence-corrected chi connectivity index (χ1v) is 9.14. The number of hydrogen-bond donors (Lipinski definition) is 0. The quantitative estimate of drug-likeness (QED) is 0.478. The molecular weight excluding hydrogens is 332 g/mol. The van der Waals surface area contributed by atoms with Crippen molar-refractivity contribution in [1.29, 1.82) is 0 Å². The van der Waals surface area contributed by atoms with E-state index in [9.17, 15) is 0 Å². The third kappa shape index (κ3) is 6.33. The monoisotopic (exact) mass is 360 g/mol. The van der Waals surface area contributed by atoms with Gasteiger partial charge in [0, 0.05) is 11.6 Å². The first-order chi connectivity index (χ1) is 11.8. The van der Waals surface area contributed by atoms with E-state index < -0.39 is 0 Å². The molecule has 0 N–H and O–H groups in total. The standard InChI is InChI=1S/C21H29ClN2O/c1-16(17-8-6-9-19(22)12-17)18-13-20(15-21(2,3)14-18)23-25-11-7-10-24(4)5/h6,8-9,12-13H,1,7,10-11,14-15H2,2-5H3/b23-20-. The van der Waals surface area contributed by atoms with Crippen molar-refractivity contribution in [2.24, 2.45) is 10.6 Å². The third-order valence-electron chi connectivity index (χ3n) is 4.25. The number of nitrogens with zero attached hydrogens (tertiary/aromatic N) is 2. The molecule has 0 fully saturated rings. The van der Waals surface area contributed by atoms with Crippen molar-refractivity contribution in [2.75, 3.05) is 27.2 Å². The number of rotatable bonds is 7. The van der Waals surface area contributed by atoms with Crippen LogP contribution in [0.1, 0.15) is 38.7 Å². The Labute approximate surface area is 157 Å². The van der Waals surface area contributed by atoms with E-state index >= 15 is 0 Å². The molecule has 2 rings (SSSR count). The summed E-state index contributed by atoms with van der Waals surface area (Å²) in [5, 5.41) is 5.10. The van der Waals surface area contributed by atoms with Crippen molar-refractivity contribution in [3.63, 3.8) is 0 Å². The lowest BCUT2D eigenvalue weighted by Crippen LogP contribution is -2.22. The van der Waals surface area contributed by atoms with Crippen LogP contribution in [0, 0.1) is 5.41 Å². The summed E-state index contributed by atoms with van der Waals surface area (Å²) >= 11 is 6.13. The zero-order valence-corrected chi connectivity index (χ0v) is 16.6. The molecule has 0 spiro atoms. The van der Waals surface area contributed by atoms with Gasteiger partial charge in [0.2, 0.25) is 0 Å². The summed E-state index contributed by atoms with van der Waals surface area (Å²) < 4.78 is 0. The van der Waals surface area contributed by atoms with E-state index in [1.165, 1.54) is 5.57 Å². The van der Waals surface area contributed by atoms with Gasteiger partial charge in [0.1, 0.15) is 6.61 Å². The zero-order valence-electron chi connectivity index (χ0n) is 15.8. The summed E-state index contributed by atoms with van der Waals surface area (Å²) in [4.78, 5) is 7.68. The van der Waals surface area contributed by atoms with E-state index in [0.29, 0.717) is 6.61 Å². The normalized spacial score (nSPS) is 18.3. The minimum atomic E-state index is 0.136. The molecule has 0 saturated heterocycles. The lowest BCUT2D eigenvalue weighted by atomic mass is 9.74. The molecule has 25 heavy (non-hydrogen) atoms. The first kappa shape index (κ1) is 19.7. The average Bonchev–Trinajstić information content (AvgIpc) is 2.52. The van der Waals surface area contributed by atoms with E-state index in [0.717, 1.165) is 47.7 Å². The molecule has 0 amide bonds. The Morgan fingerprint density at radius 2 is 2.08 bits per heavy atom. The Hall–Kier alpha value is -1.58. The highest BCUT2D eigenvalue weighted by molar-refractivity contribution is 6.30. The first-order valence-electron chi connectivity index (χ1n) is 8.76. The Balaban J connectivity index is 2.10. The van der Waals surface area contributed by atoms with Crippen LogP contribution in [-0.2, 0) is 4.84 Å². The van der Waals surface area contributed by atoms with Crippen LogP contribution in [0.3, 0.4) is 0 Å². The van der Waals surface area contributed by atoms with Gasteiger partial charge in [0.25, 0.3) is 0 Å². The van der Waals surface area contributed by atoms with Crippen molar-refractivity contribution in [1.82, 2.24) is 4.90 Å². The Morgan fingerprint density at radius 3 is 2.76 bits per heavy atom. The van der Waals surface area contributed by atoms with Gasteiger partial charge in [-0.25, -0.2) is 0 Å². The molecule has 1 aliphatic rings. The highest BCUT2D eigenvalue weighted by Gasteiger charge is 2.28. The maximum Gasteiger partial charge on any atom is 0.118 e. The van der Waals surface area contributed by atoms with Crippen molar-refractivity contribution in [3.8, 4) is 0 Å². The fourth-order valence-corrected chi connectivity index (χ4v) is 3.25. The molecule has 0 radical (unpaired) electrons. The van der Waals surface area contributed by atoms with E-state index in [2.05, 4.69) is 50.7 Å². The predicted octanol–water partition coefficient (Wildman–Crippen LogP) is 5.42. The van der Waals surface area contributed by atoms with E-state index in [4.69, 9.17) is 16.4 Å². The van der Waals surface area contributed by atoms with Gasteiger partial charge in [-0.1, -0.05) is 49.3 Å². The molecule has 0 aliphatic heterocycles. The van der Waals surface area contributed by atoms with Crippen LogP contribution in [0.4, 0.5) is 0 Å². The smallest absolute Gasteiger partial charge is 0.118 e.